The van der Waals surface area contributed by atoms with E-state index in [1.54, 1.807) is 4.90 Å². The molecule has 114 valence electrons. The molecule has 1 N–H and O–H groups in total. The molecule has 0 unspecified atom stereocenters. The third-order valence-corrected chi connectivity index (χ3v) is 4.10. The summed E-state index contributed by atoms with van der Waals surface area (Å²) < 4.78 is 0. The minimum Gasteiger partial charge on any atom is -0.371 e. The molecule has 1 heterocycles. The molecule has 0 saturated carbocycles. The summed E-state index contributed by atoms with van der Waals surface area (Å²) in [5.41, 5.74) is -0.00407. The summed E-state index contributed by atoms with van der Waals surface area (Å²) in [5, 5.41) is 14.1. The van der Waals surface area contributed by atoms with E-state index in [0.29, 0.717) is 0 Å². The molecule has 0 spiro atoms. The zero-order valence-corrected chi connectivity index (χ0v) is 12.8. The van der Waals surface area contributed by atoms with Crippen LogP contribution < -0.4 is 5.32 Å². The molecule has 0 aliphatic carbocycles. The van der Waals surface area contributed by atoms with Crippen molar-refractivity contribution in [1.29, 1.82) is 0 Å². The lowest BCUT2D eigenvalue weighted by molar-refractivity contribution is -0.383. The summed E-state index contributed by atoms with van der Waals surface area (Å²) in [5.74, 6) is -0.0740. The van der Waals surface area contributed by atoms with Gasteiger partial charge in [-0.25, -0.2) is 0 Å². The van der Waals surface area contributed by atoms with E-state index in [2.05, 4.69) is 5.32 Å². The highest BCUT2D eigenvalue weighted by atomic mass is 35.5. The lowest BCUT2D eigenvalue weighted by atomic mass is 10.1. The molecule has 1 aliphatic rings. The van der Waals surface area contributed by atoms with Gasteiger partial charge in [-0.15, -0.1) is 0 Å². The summed E-state index contributed by atoms with van der Waals surface area (Å²) in [7, 11) is 0. The number of likely N-dealkylation sites (tertiary alicyclic amines) is 1. The molecule has 1 saturated heterocycles. The Hall–Kier alpha value is -1.53. The molecule has 1 fully saturated rings. The van der Waals surface area contributed by atoms with Gasteiger partial charge in [0, 0.05) is 19.2 Å². The summed E-state index contributed by atoms with van der Waals surface area (Å²) in [4.78, 5) is 24.2. The molecule has 0 radical (unpaired) electrons. The average Bonchev–Trinajstić information content (AvgIpc) is 2.48. The molecule has 1 amide bonds. The van der Waals surface area contributed by atoms with Gasteiger partial charge in [0.05, 0.1) is 21.5 Å². The number of nitro benzene ring substituents is 1. The molecule has 21 heavy (non-hydrogen) atoms. The maximum Gasteiger partial charge on any atom is 0.293 e. The molecule has 6 nitrogen and oxygen atoms in total. The fourth-order valence-electron chi connectivity index (χ4n) is 2.25. The number of nitro groups is 1. The number of hydrogen-bond acceptors (Lipinski definition) is 4. The number of anilines is 1. The van der Waals surface area contributed by atoms with Crippen molar-refractivity contribution in [2.24, 2.45) is 0 Å². The van der Waals surface area contributed by atoms with E-state index in [9.17, 15) is 14.9 Å². The first kappa shape index (κ1) is 15.9. The highest BCUT2D eigenvalue weighted by molar-refractivity contribution is 6.42. The second-order valence-electron chi connectivity index (χ2n) is 4.84. The quantitative estimate of drug-likeness (QED) is 0.678. The number of carbonyl (C=O) groups is 1. The zero-order valence-electron chi connectivity index (χ0n) is 11.3. The second kappa shape index (κ2) is 6.95. The minimum atomic E-state index is -0.560. The van der Waals surface area contributed by atoms with Crippen molar-refractivity contribution >= 4 is 40.5 Å². The molecular formula is C13H15Cl2N3O3. The zero-order chi connectivity index (χ0) is 15.4. The van der Waals surface area contributed by atoms with E-state index in [4.69, 9.17) is 23.2 Å². The molecule has 0 bridgehead atoms. The third-order valence-electron chi connectivity index (χ3n) is 3.37. The topological polar surface area (TPSA) is 75.5 Å². The molecule has 1 aliphatic heterocycles. The number of carbonyl (C=O) groups excluding carboxylic acids is 1. The predicted molar refractivity (Wildman–Crippen MR) is 82.0 cm³/mol. The van der Waals surface area contributed by atoms with Crippen molar-refractivity contribution in [3.63, 3.8) is 0 Å². The molecule has 8 heteroatoms. The number of rotatable bonds is 4. The van der Waals surface area contributed by atoms with Gasteiger partial charge in [0.25, 0.3) is 5.69 Å². The monoisotopic (exact) mass is 331 g/mol. The first-order valence-corrected chi connectivity index (χ1v) is 7.39. The van der Waals surface area contributed by atoms with Crippen molar-refractivity contribution < 1.29 is 9.72 Å². The largest absolute Gasteiger partial charge is 0.371 e. The van der Waals surface area contributed by atoms with Crippen LogP contribution in [-0.2, 0) is 4.79 Å². The van der Waals surface area contributed by atoms with Gasteiger partial charge >= 0.3 is 0 Å². The van der Waals surface area contributed by atoms with Crippen LogP contribution in [0.1, 0.15) is 19.3 Å². The summed E-state index contributed by atoms with van der Waals surface area (Å²) in [6.45, 7) is 1.48. The first-order chi connectivity index (χ1) is 9.99. The van der Waals surface area contributed by atoms with Gasteiger partial charge in [0.2, 0.25) is 5.91 Å². The number of benzene rings is 1. The van der Waals surface area contributed by atoms with Crippen LogP contribution >= 0.6 is 23.2 Å². The highest BCUT2D eigenvalue weighted by Gasteiger charge is 2.20. The number of nitrogens with one attached hydrogen (secondary N) is 1. The Balaban J connectivity index is 2.06. The number of amides is 1. The van der Waals surface area contributed by atoms with Gasteiger partial charge < -0.3 is 10.2 Å². The van der Waals surface area contributed by atoms with Crippen molar-refractivity contribution in [3.8, 4) is 0 Å². The first-order valence-electron chi connectivity index (χ1n) is 6.64. The molecular weight excluding hydrogens is 317 g/mol. The van der Waals surface area contributed by atoms with Crippen LogP contribution in [0.25, 0.3) is 0 Å². The maximum atomic E-state index is 12.0. The van der Waals surface area contributed by atoms with Crippen LogP contribution in [0.5, 0.6) is 0 Å². The third kappa shape index (κ3) is 3.98. The van der Waals surface area contributed by atoms with Crippen LogP contribution in [-0.4, -0.2) is 35.4 Å². The summed E-state index contributed by atoms with van der Waals surface area (Å²) in [6, 6.07) is 2.54. The number of nitrogens with zero attached hydrogens (tertiary/aromatic N) is 2. The van der Waals surface area contributed by atoms with Gasteiger partial charge in [-0.2, -0.15) is 0 Å². The van der Waals surface area contributed by atoms with Gasteiger partial charge in [-0.3, -0.25) is 14.9 Å². The summed E-state index contributed by atoms with van der Waals surface area (Å²) >= 11 is 11.6. The molecule has 1 aromatic carbocycles. The molecule has 0 atom stereocenters. The Labute approximate surface area is 132 Å². The smallest absolute Gasteiger partial charge is 0.293 e. The standard InChI is InChI=1S/C13H15Cl2N3O3/c14-9-6-11(12(18(20)21)7-10(9)15)16-8-13(19)17-4-2-1-3-5-17/h6-7,16H,1-5,8H2. The predicted octanol–water partition coefficient (Wildman–Crippen LogP) is 3.33. The van der Waals surface area contributed by atoms with E-state index < -0.39 is 4.92 Å². The lowest BCUT2D eigenvalue weighted by Crippen LogP contribution is -2.39. The Bertz CT molecular complexity index is 560. The Morgan fingerprint density at radius 2 is 1.86 bits per heavy atom. The van der Waals surface area contributed by atoms with Gasteiger partial charge in [-0.05, 0) is 25.3 Å². The van der Waals surface area contributed by atoms with Gasteiger partial charge in [-0.1, -0.05) is 23.2 Å². The average molecular weight is 332 g/mol. The van der Waals surface area contributed by atoms with E-state index in [-0.39, 0.29) is 33.9 Å². The van der Waals surface area contributed by atoms with E-state index >= 15 is 0 Å². The number of hydrogen-bond donors (Lipinski definition) is 1. The van der Waals surface area contributed by atoms with Crippen molar-refractivity contribution in [2.75, 3.05) is 25.0 Å². The summed E-state index contributed by atoms with van der Waals surface area (Å²) in [6.07, 6.45) is 3.13. The maximum absolute atomic E-state index is 12.0. The van der Waals surface area contributed by atoms with Crippen LogP contribution in [0.2, 0.25) is 10.0 Å². The van der Waals surface area contributed by atoms with Crippen LogP contribution in [0.15, 0.2) is 12.1 Å². The van der Waals surface area contributed by atoms with Crippen LogP contribution in [0, 0.1) is 10.1 Å². The SMILES string of the molecule is O=C(CNc1cc(Cl)c(Cl)cc1[N+](=O)[O-])N1CCCCC1. The van der Waals surface area contributed by atoms with Crippen molar-refractivity contribution in [3.05, 3.63) is 32.3 Å². The normalized spacial score (nSPS) is 14.9. The van der Waals surface area contributed by atoms with Crippen molar-refractivity contribution in [2.45, 2.75) is 19.3 Å². The van der Waals surface area contributed by atoms with Crippen LogP contribution in [0.3, 0.4) is 0 Å². The number of piperidine rings is 1. The number of halogens is 2. The van der Waals surface area contributed by atoms with E-state index in [1.807, 2.05) is 0 Å². The van der Waals surface area contributed by atoms with Crippen LogP contribution in [0.4, 0.5) is 11.4 Å². The Kier molecular flexibility index (Phi) is 5.25. The van der Waals surface area contributed by atoms with Gasteiger partial charge in [0.15, 0.2) is 0 Å². The molecule has 0 aromatic heterocycles. The fourth-order valence-corrected chi connectivity index (χ4v) is 2.58. The highest BCUT2D eigenvalue weighted by Crippen LogP contribution is 2.33. The Morgan fingerprint density at radius 3 is 2.48 bits per heavy atom. The molecule has 1 aromatic rings. The second-order valence-corrected chi connectivity index (χ2v) is 5.65. The molecule has 2 rings (SSSR count). The fraction of sp³-hybridized carbons (Fsp3) is 0.462. The lowest BCUT2D eigenvalue weighted by Gasteiger charge is -2.26. The minimum absolute atomic E-state index is 0.00119. The van der Waals surface area contributed by atoms with E-state index in [1.165, 1.54) is 12.1 Å². The Morgan fingerprint density at radius 1 is 1.24 bits per heavy atom. The van der Waals surface area contributed by atoms with E-state index in [0.717, 1.165) is 32.4 Å². The van der Waals surface area contributed by atoms with Gasteiger partial charge in [0.1, 0.15) is 5.69 Å². The van der Waals surface area contributed by atoms with Crippen molar-refractivity contribution in [1.82, 2.24) is 4.90 Å².